The van der Waals surface area contributed by atoms with E-state index in [1.807, 2.05) is 30.3 Å². The van der Waals surface area contributed by atoms with Crippen LogP contribution >= 0.6 is 11.6 Å². The van der Waals surface area contributed by atoms with E-state index in [9.17, 15) is 14.0 Å². The van der Waals surface area contributed by atoms with Gasteiger partial charge in [-0.1, -0.05) is 48.0 Å². The Hall–Kier alpha value is -3.30. The fraction of sp³-hybridized carbons (Fsp3) is 0.407. The second kappa shape index (κ2) is 11.4. The number of hydrogen-bond acceptors (Lipinski definition) is 5. The lowest BCUT2D eigenvalue weighted by Crippen LogP contribution is -2.35. The van der Waals surface area contributed by atoms with Crippen molar-refractivity contribution in [2.24, 2.45) is 11.8 Å². The number of benzene rings is 2. The fourth-order valence-corrected chi connectivity index (χ4v) is 5.71. The van der Waals surface area contributed by atoms with Crippen LogP contribution in [0.2, 0.25) is 5.02 Å². The van der Waals surface area contributed by atoms with Crippen molar-refractivity contribution in [3.63, 3.8) is 0 Å². The van der Waals surface area contributed by atoms with E-state index in [4.69, 9.17) is 11.6 Å². The molecule has 10 heteroatoms. The summed E-state index contributed by atoms with van der Waals surface area (Å²) in [5.74, 6) is 0.457. The van der Waals surface area contributed by atoms with E-state index in [-0.39, 0.29) is 28.4 Å². The molecule has 2 saturated heterocycles. The number of fused-ring (bicyclic) bond motifs is 1. The van der Waals surface area contributed by atoms with Crippen LogP contribution in [0.5, 0.6) is 0 Å². The molecule has 3 aromatic rings. The molecule has 2 aliphatic rings. The number of carbonyl (C=O) groups is 2. The van der Waals surface area contributed by atoms with Gasteiger partial charge in [0.1, 0.15) is 18.0 Å². The first-order valence-electron chi connectivity index (χ1n) is 12.6. The van der Waals surface area contributed by atoms with Gasteiger partial charge < -0.3 is 15.1 Å². The molecule has 2 amide bonds. The van der Waals surface area contributed by atoms with Crippen LogP contribution in [0.1, 0.15) is 40.6 Å². The van der Waals surface area contributed by atoms with Gasteiger partial charge >= 0.3 is 0 Å². The van der Waals surface area contributed by atoms with E-state index in [1.165, 1.54) is 18.5 Å². The summed E-state index contributed by atoms with van der Waals surface area (Å²) >= 11 is 6.12. The monoisotopic (exact) mass is 524 g/mol. The molecule has 0 spiro atoms. The summed E-state index contributed by atoms with van der Waals surface area (Å²) in [5, 5.41) is 9.96. The first-order chi connectivity index (χ1) is 18.0. The molecule has 194 valence electrons. The third kappa shape index (κ3) is 5.99. The van der Waals surface area contributed by atoms with E-state index in [0.717, 1.165) is 31.6 Å². The Morgan fingerprint density at radius 1 is 1.08 bits per heavy atom. The van der Waals surface area contributed by atoms with E-state index in [1.54, 1.807) is 11.0 Å². The Bertz CT molecular complexity index is 1190. The Balaban J connectivity index is 1.14. The summed E-state index contributed by atoms with van der Waals surface area (Å²) in [7, 11) is 0. The molecule has 2 fully saturated rings. The van der Waals surface area contributed by atoms with Gasteiger partial charge in [-0.3, -0.25) is 14.7 Å². The second-order valence-corrected chi connectivity index (χ2v) is 10.2. The topological polar surface area (TPSA) is 94.2 Å². The van der Waals surface area contributed by atoms with Gasteiger partial charge in [0, 0.05) is 45.6 Å². The average Bonchev–Trinajstić information content (AvgIpc) is 3.63. The van der Waals surface area contributed by atoms with E-state index in [2.05, 4.69) is 25.4 Å². The van der Waals surface area contributed by atoms with Crippen LogP contribution in [0.15, 0.2) is 54.9 Å². The number of aromatic amines is 1. The lowest BCUT2D eigenvalue weighted by atomic mass is 10.0. The Kier molecular flexibility index (Phi) is 7.81. The van der Waals surface area contributed by atoms with Gasteiger partial charge in [0.25, 0.3) is 5.91 Å². The van der Waals surface area contributed by atoms with Crippen LogP contribution in [-0.2, 0) is 11.2 Å². The first kappa shape index (κ1) is 25.4. The highest BCUT2D eigenvalue weighted by atomic mass is 35.5. The third-order valence-corrected chi connectivity index (χ3v) is 7.67. The molecule has 3 heterocycles. The van der Waals surface area contributed by atoms with Crippen molar-refractivity contribution >= 4 is 23.4 Å². The maximum absolute atomic E-state index is 14.3. The number of nitrogens with one attached hydrogen (secondary N) is 2. The van der Waals surface area contributed by atoms with Crippen LogP contribution in [0.25, 0.3) is 0 Å². The largest absolute Gasteiger partial charge is 0.349 e. The molecule has 2 aliphatic heterocycles. The summed E-state index contributed by atoms with van der Waals surface area (Å²) in [6, 6.07) is 14.2. The molecule has 0 radical (unpaired) electrons. The SMILES string of the molecule is O=C(CCc1ncn[nH]1)N[C@@H](CCN1CC2CN(C(=O)c3c(F)cccc3Cl)CC2C1)c1ccccc1. The molecule has 2 aromatic carbocycles. The lowest BCUT2D eigenvalue weighted by Gasteiger charge is -2.25. The van der Waals surface area contributed by atoms with Crippen LogP contribution in [-0.4, -0.2) is 69.5 Å². The molecule has 0 aliphatic carbocycles. The lowest BCUT2D eigenvalue weighted by molar-refractivity contribution is -0.121. The summed E-state index contributed by atoms with van der Waals surface area (Å²) in [6.07, 6.45) is 3.07. The number of hydrogen-bond donors (Lipinski definition) is 2. The van der Waals surface area contributed by atoms with Gasteiger partial charge in [0.15, 0.2) is 0 Å². The molecule has 5 rings (SSSR count). The number of rotatable bonds is 9. The highest BCUT2D eigenvalue weighted by Crippen LogP contribution is 2.33. The summed E-state index contributed by atoms with van der Waals surface area (Å²) in [6.45, 7) is 3.79. The molecule has 2 unspecified atom stereocenters. The van der Waals surface area contributed by atoms with Crippen molar-refractivity contribution in [2.45, 2.75) is 25.3 Å². The zero-order chi connectivity index (χ0) is 25.8. The predicted molar refractivity (Wildman–Crippen MR) is 137 cm³/mol. The van der Waals surface area contributed by atoms with Gasteiger partial charge in [0.05, 0.1) is 16.6 Å². The minimum absolute atomic E-state index is 0.0236. The van der Waals surface area contributed by atoms with Gasteiger partial charge in [-0.15, -0.1) is 0 Å². The normalized spacial score (nSPS) is 20.1. The van der Waals surface area contributed by atoms with Crippen molar-refractivity contribution < 1.29 is 14.0 Å². The summed E-state index contributed by atoms with van der Waals surface area (Å²) < 4.78 is 14.3. The highest BCUT2D eigenvalue weighted by molar-refractivity contribution is 6.33. The van der Waals surface area contributed by atoms with Gasteiger partial charge in [-0.05, 0) is 36.0 Å². The minimum Gasteiger partial charge on any atom is -0.349 e. The Labute approximate surface area is 220 Å². The van der Waals surface area contributed by atoms with E-state index in [0.29, 0.717) is 43.6 Å². The molecule has 3 atom stereocenters. The molecule has 0 saturated carbocycles. The first-order valence-corrected chi connectivity index (χ1v) is 13.0. The zero-order valence-corrected chi connectivity index (χ0v) is 21.2. The van der Waals surface area contributed by atoms with Crippen molar-refractivity contribution in [3.05, 3.63) is 82.6 Å². The van der Waals surface area contributed by atoms with Crippen LogP contribution in [0.4, 0.5) is 4.39 Å². The fourth-order valence-electron chi connectivity index (χ4n) is 5.47. The molecule has 37 heavy (non-hydrogen) atoms. The molecule has 2 N–H and O–H groups in total. The number of carbonyl (C=O) groups excluding carboxylic acids is 2. The zero-order valence-electron chi connectivity index (χ0n) is 20.4. The molecule has 8 nitrogen and oxygen atoms in total. The number of aryl methyl sites for hydroxylation is 1. The Morgan fingerprint density at radius 3 is 2.51 bits per heavy atom. The van der Waals surface area contributed by atoms with Crippen LogP contribution in [0, 0.1) is 17.7 Å². The number of aromatic nitrogens is 3. The maximum atomic E-state index is 14.3. The van der Waals surface area contributed by atoms with Crippen LogP contribution in [0.3, 0.4) is 0 Å². The molecular formula is C27H30ClFN6O2. The van der Waals surface area contributed by atoms with Crippen molar-refractivity contribution in [2.75, 3.05) is 32.7 Å². The van der Waals surface area contributed by atoms with E-state index < -0.39 is 5.82 Å². The number of halogens is 2. The van der Waals surface area contributed by atoms with Crippen molar-refractivity contribution in [1.29, 1.82) is 0 Å². The third-order valence-electron chi connectivity index (χ3n) is 7.35. The number of likely N-dealkylation sites (tertiary alicyclic amines) is 2. The molecule has 0 bridgehead atoms. The number of amides is 2. The number of H-pyrrole nitrogens is 1. The highest BCUT2D eigenvalue weighted by Gasteiger charge is 2.42. The van der Waals surface area contributed by atoms with Crippen molar-refractivity contribution in [1.82, 2.24) is 30.3 Å². The van der Waals surface area contributed by atoms with Crippen LogP contribution < -0.4 is 5.32 Å². The number of nitrogens with zero attached hydrogens (tertiary/aromatic N) is 4. The maximum Gasteiger partial charge on any atom is 0.258 e. The minimum atomic E-state index is -0.578. The smallest absolute Gasteiger partial charge is 0.258 e. The quantitative estimate of drug-likeness (QED) is 0.447. The Morgan fingerprint density at radius 2 is 1.84 bits per heavy atom. The summed E-state index contributed by atoms with van der Waals surface area (Å²) in [4.78, 5) is 33.8. The molecular weight excluding hydrogens is 495 g/mol. The second-order valence-electron chi connectivity index (χ2n) is 9.84. The van der Waals surface area contributed by atoms with Gasteiger partial charge in [0.2, 0.25) is 5.91 Å². The van der Waals surface area contributed by atoms with Gasteiger partial charge in [-0.25, -0.2) is 9.37 Å². The van der Waals surface area contributed by atoms with Gasteiger partial charge in [-0.2, -0.15) is 5.10 Å². The van der Waals surface area contributed by atoms with E-state index >= 15 is 0 Å². The average molecular weight is 525 g/mol. The summed E-state index contributed by atoms with van der Waals surface area (Å²) in [5.41, 5.74) is 1.04. The predicted octanol–water partition coefficient (Wildman–Crippen LogP) is 3.48. The molecule has 1 aromatic heterocycles. The standard InChI is InChI=1S/C27H30ClFN6O2/c28-21-7-4-8-22(29)26(21)27(37)35-15-19-13-34(14-20(19)16-35)12-11-23(18-5-2-1-3-6-18)32-25(36)10-9-24-30-17-31-33-24/h1-8,17,19-20,23H,9-16H2,(H,32,36)(H,30,31,33)/t19?,20?,23-/m0/s1. The van der Waals surface area contributed by atoms with Crippen molar-refractivity contribution in [3.8, 4) is 0 Å².